The number of halogens is 1. The normalized spacial score (nSPS) is 10.3. The van der Waals surface area contributed by atoms with Crippen molar-refractivity contribution in [2.75, 3.05) is 11.1 Å². The molecule has 0 saturated heterocycles. The van der Waals surface area contributed by atoms with Gasteiger partial charge in [-0.15, -0.1) is 11.8 Å². The fourth-order valence-corrected chi connectivity index (χ4v) is 2.66. The third kappa shape index (κ3) is 4.10. The van der Waals surface area contributed by atoms with Gasteiger partial charge in [-0.05, 0) is 49.7 Å². The van der Waals surface area contributed by atoms with Crippen molar-refractivity contribution < 1.29 is 9.18 Å². The van der Waals surface area contributed by atoms with Gasteiger partial charge in [0.15, 0.2) is 0 Å². The van der Waals surface area contributed by atoms with Crippen LogP contribution in [-0.4, -0.2) is 11.7 Å². The summed E-state index contributed by atoms with van der Waals surface area (Å²) in [4.78, 5) is 13.0. The Morgan fingerprint density at radius 3 is 2.55 bits per heavy atom. The molecular weight excluding hydrogens is 273 g/mol. The van der Waals surface area contributed by atoms with E-state index in [1.807, 2.05) is 13.8 Å². The highest BCUT2D eigenvalue weighted by Gasteiger charge is 2.06. The van der Waals surface area contributed by atoms with Crippen LogP contribution < -0.4 is 5.32 Å². The minimum atomic E-state index is -0.312. The predicted octanol–water partition coefficient (Wildman–Crippen LogP) is 4.17. The Kier molecular flexibility index (Phi) is 4.79. The number of nitrogens with one attached hydrogen (secondary N) is 1. The Hall–Kier alpha value is -1.81. The average molecular weight is 289 g/mol. The molecule has 0 spiro atoms. The fraction of sp³-hybridized carbons (Fsp3) is 0.188. The zero-order chi connectivity index (χ0) is 14.5. The van der Waals surface area contributed by atoms with Crippen molar-refractivity contribution in [3.8, 4) is 0 Å². The van der Waals surface area contributed by atoms with E-state index < -0.39 is 0 Å². The van der Waals surface area contributed by atoms with Crippen LogP contribution in [0.5, 0.6) is 0 Å². The van der Waals surface area contributed by atoms with E-state index in [-0.39, 0.29) is 11.7 Å². The van der Waals surface area contributed by atoms with E-state index in [0.717, 1.165) is 10.5 Å². The minimum absolute atomic E-state index is 0.0949. The fourth-order valence-electron chi connectivity index (χ4n) is 1.74. The number of anilines is 1. The lowest BCUT2D eigenvalue weighted by Gasteiger charge is -2.08. The predicted molar refractivity (Wildman–Crippen MR) is 81.7 cm³/mol. The summed E-state index contributed by atoms with van der Waals surface area (Å²) in [7, 11) is 0. The van der Waals surface area contributed by atoms with Gasteiger partial charge in [0.1, 0.15) is 5.82 Å². The monoisotopic (exact) mass is 289 g/mol. The molecule has 1 amide bonds. The molecule has 2 nitrogen and oxygen atoms in total. The molecule has 0 aliphatic rings. The lowest BCUT2D eigenvalue weighted by Crippen LogP contribution is -2.14. The van der Waals surface area contributed by atoms with E-state index >= 15 is 0 Å². The van der Waals surface area contributed by atoms with Gasteiger partial charge in [-0.25, -0.2) is 4.39 Å². The first-order valence-corrected chi connectivity index (χ1v) is 7.28. The van der Waals surface area contributed by atoms with E-state index in [4.69, 9.17) is 0 Å². The number of hydrogen-bond acceptors (Lipinski definition) is 2. The highest BCUT2D eigenvalue weighted by molar-refractivity contribution is 8.00. The zero-order valence-corrected chi connectivity index (χ0v) is 12.3. The van der Waals surface area contributed by atoms with Gasteiger partial charge in [-0.2, -0.15) is 0 Å². The molecule has 4 heteroatoms. The summed E-state index contributed by atoms with van der Waals surface area (Å²) in [5.74, 6) is -0.0722. The van der Waals surface area contributed by atoms with Gasteiger partial charge in [0.05, 0.1) is 5.75 Å². The molecule has 0 unspecified atom stereocenters. The van der Waals surface area contributed by atoms with Crippen LogP contribution >= 0.6 is 11.8 Å². The summed E-state index contributed by atoms with van der Waals surface area (Å²) >= 11 is 1.51. The summed E-state index contributed by atoms with van der Waals surface area (Å²) in [5.41, 5.74) is 2.95. The number of benzene rings is 2. The molecular formula is C16H16FNOS. The van der Waals surface area contributed by atoms with Crippen molar-refractivity contribution >= 4 is 23.4 Å². The third-order valence-electron chi connectivity index (χ3n) is 2.83. The van der Waals surface area contributed by atoms with E-state index in [0.29, 0.717) is 11.4 Å². The van der Waals surface area contributed by atoms with Crippen LogP contribution in [0.25, 0.3) is 0 Å². The maximum absolute atomic E-state index is 12.8. The van der Waals surface area contributed by atoms with Gasteiger partial charge >= 0.3 is 0 Å². The van der Waals surface area contributed by atoms with Crippen molar-refractivity contribution in [1.29, 1.82) is 0 Å². The van der Waals surface area contributed by atoms with Crippen molar-refractivity contribution in [3.63, 3.8) is 0 Å². The summed E-state index contributed by atoms with van der Waals surface area (Å²) in [5, 5.41) is 2.75. The summed E-state index contributed by atoms with van der Waals surface area (Å²) in [6.45, 7) is 4.06. The smallest absolute Gasteiger partial charge is 0.234 e. The molecule has 0 heterocycles. The molecule has 2 rings (SSSR count). The zero-order valence-electron chi connectivity index (χ0n) is 11.4. The number of carbonyl (C=O) groups excluding carboxylic acids is 1. The average Bonchev–Trinajstić information content (AvgIpc) is 2.42. The van der Waals surface area contributed by atoms with Gasteiger partial charge in [0.2, 0.25) is 5.91 Å². The number of carbonyl (C=O) groups is 1. The summed E-state index contributed by atoms with van der Waals surface area (Å²) in [6, 6.07) is 11.9. The lowest BCUT2D eigenvalue weighted by atomic mass is 10.2. The van der Waals surface area contributed by atoms with Crippen molar-refractivity contribution in [1.82, 2.24) is 0 Å². The molecule has 0 aliphatic heterocycles. The van der Waals surface area contributed by atoms with Crippen molar-refractivity contribution in [2.24, 2.45) is 0 Å². The van der Waals surface area contributed by atoms with E-state index in [1.54, 1.807) is 12.1 Å². The molecule has 104 valence electrons. The molecule has 2 aromatic rings. The SMILES string of the molecule is Cc1ccc(C)c(SCC(=O)Nc2ccc(F)cc2)c1. The van der Waals surface area contributed by atoms with Gasteiger partial charge in [0, 0.05) is 10.6 Å². The Morgan fingerprint density at radius 2 is 1.85 bits per heavy atom. The van der Waals surface area contributed by atoms with Crippen LogP contribution in [0.1, 0.15) is 11.1 Å². The first-order chi connectivity index (χ1) is 9.54. The maximum atomic E-state index is 12.8. The standard InChI is InChI=1S/C16H16FNOS/c1-11-3-4-12(2)15(9-11)20-10-16(19)18-14-7-5-13(17)6-8-14/h3-9H,10H2,1-2H3,(H,18,19). The Bertz CT molecular complexity index is 610. The van der Waals surface area contributed by atoms with Crippen molar-refractivity contribution in [3.05, 3.63) is 59.4 Å². The van der Waals surface area contributed by atoms with Crippen LogP contribution in [0.2, 0.25) is 0 Å². The largest absolute Gasteiger partial charge is 0.325 e. The molecule has 0 bridgehead atoms. The maximum Gasteiger partial charge on any atom is 0.234 e. The van der Waals surface area contributed by atoms with Gasteiger partial charge < -0.3 is 5.32 Å². The van der Waals surface area contributed by atoms with Crippen LogP contribution in [0, 0.1) is 19.7 Å². The first-order valence-electron chi connectivity index (χ1n) is 6.30. The topological polar surface area (TPSA) is 29.1 Å². The highest BCUT2D eigenvalue weighted by Crippen LogP contribution is 2.23. The second-order valence-electron chi connectivity index (χ2n) is 4.61. The summed E-state index contributed by atoms with van der Waals surface area (Å²) < 4.78 is 12.8. The minimum Gasteiger partial charge on any atom is -0.325 e. The van der Waals surface area contributed by atoms with Gasteiger partial charge in [0.25, 0.3) is 0 Å². The van der Waals surface area contributed by atoms with Crippen LogP contribution in [0.3, 0.4) is 0 Å². The van der Waals surface area contributed by atoms with E-state index in [1.165, 1.54) is 29.5 Å². The Labute approximate surface area is 122 Å². The van der Waals surface area contributed by atoms with E-state index in [9.17, 15) is 9.18 Å². The van der Waals surface area contributed by atoms with Crippen LogP contribution in [0.4, 0.5) is 10.1 Å². The molecule has 0 aliphatic carbocycles. The van der Waals surface area contributed by atoms with Gasteiger partial charge in [-0.1, -0.05) is 17.7 Å². The number of hydrogen-bond donors (Lipinski definition) is 1. The lowest BCUT2D eigenvalue weighted by molar-refractivity contribution is -0.113. The molecule has 0 aromatic heterocycles. The Morgan fingerprint density at radius 1 is 1.15 bits per heavy atom. The van der Waals surface area contributed by atoms with E-state index in [2.05, 4.69) is 23.5 Å². The number of amides is 1. The Balaban J connectivity index is 1.92. The molecule has 20 heavy (non-hydrogen) atoms. The third-order valence-corrected chi connectivity index (χ3v) is 3.99. The number of thioether (sulfide) groups is 1. The molecule has 0 fully saturated rings. The number of aryl methyl sites for hydroxylation is 2. The molecule has 0 atom stereocenters. The second kappa shape index (κ2) is 6.57. The summed E-state index contributed by atoms with van der Waals surface area (Å²) in [6.07, 6.45) is 0. The van der Waals surface area contributed by atoms with Gasteiger partial charge in [-0.3, -0.25) is 4.79 Å². The molecule has 0 saturated carbocycles. The van der Waals surface area contributed by atoms with Crippen molar-refractivity contribution in [2.45, 2.75) is 18.7 Å². The molecule has 0 radical (unpaired) electrons. The van der Waals surface area contributed by atoms with Crippen LogP contribution in [0.15, 0.2) is 47.4 Å². The first kappa shape index (κ1) is 14.6. The highest BCUT2D eigenvalue weighted by atomic mass is 32.2. The van der Waals surface area contributed by atoms with Crippen LogP contribution in [-0.2, 0) is 4.79 Å². The number of rotatable bonds is 4. The quantitative estimate of drug-likeness (QED) is 0.856. The second-order valence-corrected chi connectivity index (χ2v) is 5.63. The molecule has 2 aromatic carbocycles. The molecule has 1 N–H and O–H groups in total.